The molecule has 1 saturated heterocycles. The van der Waals surface area contributed by atoms with E-state index < -0.39 is 0 Å². The predicted molar refractivity (Wildman–Crippen MR) is 62.7 cm³/mol. The maximum Gasteiger partial charge on any atom is 0.133 e. The van der Waals surface area contributed by atoms with Crippen LogP contribution in [0.5, 0.6) is 0 Å². The number of aliphatic hydroxyl groups is 1. The summed E-state index contributed by atoms with van der Waals surface area (Å²) < 4.78 is 5.29. The van der Waals surface area contributed by atoms with Crippen LogP contribution in [0.2, 0.25) is 5.15 Å². The van der Waals surface area contributed by atoms with E-state index in [-0.39, 0.29) is 12.6 Å². The van der Waals surface area contributed by atoms with E-state index >= 15 is 0 Å². The van der Waals surface area contributed by atoms with Crippen molar-refractivity contribution < 1.29 is 9.84 Å². The quantitative estimate of drug-likeness (QED) is 0.741. The summed E-state index contributed by atoms with van der Waals surface area (Å²) >= 11 is 5.85. The Balaban J connectivity index is 2.26. The van der Waals surface area contributed by atoms with Gasteiger partial charge in [0.15, 0.2) is 0 Å². The minimum absolute atomic E-state index is 0.0219. The normalized spacial score (nSPS) is 21.1. The van der Waals surface area contributed by atoms with Gasteiger partial charge < -0.3 is 20.5 Å². The third-order valence-electron chi connectivity index (χ3n) is 2.54. The summed E-state index contributed by atoms with van der Waals surface area (Å²) in [6.45, 7) is 1.81. The molecule has 88 valence electrons. The summed E-state index contributed by atoms with van der Waals surface area (Å²) in [5, 5.41) is 9.61. The molecule has 0 aromatic carbocycles. The van der Waals surface area contributed by atoms with Crippen LogP contribution in [-0.4, -0.2) is 42.5 Å². The first-order valence-corrected chi connectivity index (χ1v) is 5.47. The maximum atomic E-state index is 9.25. The summed E-state index contributed by atoms with van der Waals surface area (Å²) in [5.41, 5.74) is 6.28. The van der Waals surface area contributed by atoms with E-state index in [0.717, 1.165) is 0 Å². The van der Waals surface area contributed by atoms with Crippen molar-refractivity contribution in [1.82, 2.24) is 4.98 Å². The average Bonchev–Trinajstić information content (AvgIpc) is 2.27. The fourth-order valence-electron chi connectivity index (χ4n) is 1.76. The molecule has 0 radical (unpaired) electrons. The number of halogens is 1. The maximum absolute atomic E-state index is 9.25. The Morgan fingerprint density at radius 3 is 3.12 bits per heavy atom. The third kappa shape index (κ3) is 2.37. The van der Waals surface area contributed by atoms with Gasteiger partial charge in [0.25, 0.3) is 0 Å². The van der Waals surface area contributed by atoms with Crippen LogP contribution in [0, 0.1) is 0 Å². The van der Waals surface area contributed by atoms with Crippen molar-refractivity contribution in [3.05, 3.63) is 17.3 Å². The highest BCUT2D eigenvalue weighted by molar-refractivity contribution is 6.29. The Labute approximate surface area is 98.8 Å². The summed E-state index contributed by atoms with van der Waals surface area (Å²) in [5.74, 6) is 0.687. The van der Waals surface area contributed by atoms with Crippen molar-refractivity contribution in [3.8, 4) is 0 Å². The van der Waals surface area contributed by atoms with Gasteiger partial charge in [0.2, 0.25) is 0 Å². The van der Waals surface area contributed by atoms with Gasteiger partial charge >= 0.3 is 0 Å². The highest BCUT2D eigenvalue weighted by atomic mass is 35.5. The molecule has 1 fully saturated rings. The van der Waals surface area contributed by atoms with Crippen LogP contribution in [0.3, 0.4) is 0 Å². The number of nitrogen functional groups attached to an aromatic ring is 1. The molecule has 0 saturated carbocycles. The third-order valence-corrected chi connectivity index (χ3v) is 2.73. The van der Waals surface area contributed by atoms with E-state index in [1.807, 2.05) is 4.90 Å². The number of nitrogens with zero attached hydrogens (tertiary/aromatic N) is 2. The number of hydrogen-bond acceptors (Lipinski definition) is 5. The fraction of sp³-hybridized carbons (Fsp3) is 0.500. The minimum atomic E-state index is -0.0842. The predicted octanol–water partition coefficient (Wildman–Crippen LogP) is 0.515. The molecule has 3 N–H and O–H groups in total. The van der Waals surface area contributed by atoms with Crippen molar-refractivity contribution >= 4 is 23.1 Å². The second-order valence-corrected chi connectivity index (χ2v) is 4.07. The Morgan fingerprint density at radius 2 is 2.44 bits per heavy atom. The Kier molecular flexibility index (Phi) is 3.48. The van der Waals surface area contributed by atoms with Crippen molar-refractivity contribution in [3.63, 3.8) is 0 Å². The van der Waals surface area contributed by atoms with Gasteiger partial charge in [-0.15, -0.1) is 0 Å². The van der Waals surface area contributed by atoms with Crippen molar-refractivity contribution in [1.29, 1.82) is 0 Å². The molecule has 2 rings (SSSR count). The van der Waals surface area contributed by atoms with Gasteiger partial charge in [0.05, 0.1) is 25.9 Å². The van der Waals surface area contributed by atoms with E-state index in [2.05, 4.69) is 4.98 Å². The van der Waals surface area contributed by atoms with Gasteiger partial charge in [0, 0.05) is 18.3 Å². The standard InChI is InChI=1S/C10H14ClN3O2/c11-9-3-7(12)4-10(13-9)14-1-2-16-6-8(14)5-15/h3-4,8,15H,1-2,5-6H2,(H2,12,13). The molecule has 0 bridgehead atoms. The zero-order valence-electron chi connectivity index (χ0n) is 8.77. The zero-order valence-corrected chi connectivity index (χ0v) is 9.52. The summed E-state index contributed by atoms with van der Waals surface area (Å²) in [7, 11) is 0. The number of hydrogen-bond donors (Lipinski definition) is 2. The number of rotatable bonds is 2. The first-order chi connectivity index (χ1) is 7.70. The molecule has 0 spiro atoms. The Bertz CT molecular complexity index is 355. The molecule has 1 atom stereocenters. The Morgan fingerprint density at radius 1 is 1.62 bits per heavy atom. The van der Waals surface area contributed by atoms with Crippen molar-refractivity contribution in [2.75, 3.05) is 37.0 Å². The smallest absolute Gasteiger partial charge is 0.133 e. The lowest BCUT2D eigenvalue weighted by molar-refractivity contribution is 0.0723. The largest absolute Gasteiger partial charge is 0.399 e. The van der Waals surface area contributed by atoms with E-state index in [4.69, 9.17) is 22.1 Å². The molecule has 16 heavy (non-hydrogen) atoms. The van der Waals surface area contributed by atoms with Crippen LogP contribution in [0.25, 0.3) is 0 Å². The number of anilines is 2. The molecule has 2 heterocycles. The molecular weight excluding hydrogens is 230 g/mol. The fourth-order valence-corrected chi connectivity index (χ4v) is 1.97. The van der Waals surface area contributed by atoms with Gasteiger partial charge in [-0.2, -0.15) is 0 Å². The molecule has 6 heteroatoms. The molecule has 0 amide bonds. The lowest BCUT2D eigenvalue weighted by atomic mass is 10.2. The topological polar surface area (TPSA) is 71.6 Å². The molecule has 0 aliphatic carbocycles. The molecule has 1 unspecified atom stereocenters. The van der Waals surface area contributed by atoms with Crippen LogP contribution in [0.4, 0.5) is 11.5 Å². The molecule has 5 nitrogen and oxygen atoms in total. The van der Waals surface area contributed by atoms with Crippen LogP contribution in [0.15, 0.2) is 12.1 Å². The number of aromatic nitrogens is 1. The van der Waals surface area contributed by atoms with Gasteiger partial charge in [-0.05, 0) is 6.07 Å². The average molecular weight is 244 g/mol. The van der Waals surface area contributed by atoms with Crippen LogP contribution in [-0.2, 0) is 4.74 Å². The van der Waals surface area contributed by atoms with E-state index in [9.17, 15) is 5.11 Å². The lowest BCUT2D eigenvalue weighted by Crippen LogP contribution is -2.48. The second kappa shape index (κ2) is 4.86. The van der Waals surface area contributed by atoms with Gasteiger partial charge in [-0.3, -0.25) is 0 Å². The summed E-state index contributed by atoms with van der Waals surface area (Å²) in [6.07, 6.45) is 0. The zero-order chi connectivity index (χ0) is 11.5. The van der Waals surface area contributed by atoms with Gasteiger partial charge in [-0.1, -0.05) is 11.6 Å². The molecule has 1 aromatic heterocycles. The van der Waals surface area contributed by atoms with Crippen molar-refractivity contribution in [2.45, 2.75) is 6.04 Å². The Hall–Kier alpha value is -1.04. The number of pyridine rings is 1. The highest BCUT2D eigenvalue weighted by Crippen LogP contribution is 2.22. The van der Waals surface area contributed by atoms with Gasteiger partial charge in [-0.25, -0.2) is 4.98 Å². The summed E-state index contributed by atoms with van der Waals surface area (Å²) in [4.78, 5) is 6.16. The molecule has 1 aromatic rings. The summed E-state index contributed by atoms with van der Waals surface area (Å²) in [6, 6.07) is 3.26. The number of ether oxygens (including phenoxy) is 1. The molecular formula is C10H14ClN3O2. The first kappa shape index (κ1) is 11.4. The number of aliphatic hydroxyl groups excluding tert-OH is 1. The number of nitrogens with two attached hydrogens (primary N) is 1. The highest BCUT2D eigenvalue weighted by Gasteiger charge is 2.23. The van der Waals surface area contributed by atoms with Crippen LogP contribution >= 0.6 is 11.6 Å². The first-order valence-electron chi connectivity index (χ1n) is 5.09. The lowest BCUT2D eigenvalue weighted by Gasteiger charge is -2.35. The monoisotopic (exact) mass is 243 g/mol. The van der Waals surface area contributed by atoms with E-state index in [0.29, 0.717) is 36.4 Å². The van der Waals surface area contributed by atoms with Crippen LogP contribution < -0.4 is 10.6 Å². The SMILES string of the molecule is Nc1cc(Cl)nc(N2CCOCC2CO)c1. The number of morpholine rings is 1. The minimum Gasteiger partial charge on any atom is -0.399 e. The molecule has 1 aliphatic heterocycles. The van der Waals surface area contributed by atoms with Crippen LogP contribution in [0.1, 0.15) is 0 Å². The van der Waals surface area contributed by atoms with E-state index in [1.54, 1.807) is 12.1 Å². The van der Waals surface area contributed by atoms with Crippen molar-refractivity contribution in [2.24, 2.45) is 0 Å². The molecule has 1 aliphatic rings. The second-order valence-electron chi connectivity index (χ2n) is 3.69. The van der Waals surface area contributed by atoms with Gasteiger partial charge in [0.1, 0.15) is 11.0 Å². The van der Waals surface area contributed by atoms with E-state index in [1.165, 1.54) is 0 Å².